The van der Waals surface area contributed by atoms with Crippen LogP contribution in [0.25, 0.3) is 0 Å². The number of hydrogen-bond donors (Lipinski definition) is 1. The molecule has 0 heterocycles. The Labute approximate surface area is 137 Å². The van der Waals surface area contributed by atoms with Crippen molar-refractivity contribution in [1.82, 2.24) is 0 Å². The van der Waals surface area contributed by atoms with Crippen LogP contribution in [0.5, 0.6) is 0 Å². The van der Waals surface area contributed by atoms with E-state index < -0.39 is 0 Å². The van der Waals surface area contributed by atoms with Gasteiger partial charge in [0.25, 0.3) is 0 Å². The fourth-order valence-electron chi connectivity index (χ4n) is 6.27. The normalized spacial score (nSPS) is 50.2. The summed E-state index contributed by atoms with van der Waals surface area (Å²) in [6.45, 7) is 4.99. The summed E-state index contributed by atoms with van der Waals surface area (Å²) in [7, 11) is 1.93. The first kappa shape index (κ1) is 16.8. The average molecular weight is 309 g/mol. The Balaban J connectivity index is 1.81. The van der Waals surface area contributed by atoms with Gasteiger partial charge in [-0.05, 0) is 80.5 Å². The van der Waals surface area contributed by atoms with Gasteiger partial charge in [-0.1, -0.05) is 26.7 Å². The molecule has 0 aromatic carbocycles. The van der Waals surface area contributed by atoms with Crippen molar-refractivity contribution in [3.63, 3.8) is 0 Å². The molecule has 0 radical (unpaired) electrons. The molecule has 3 aliphatic rings. The van der Waals surface area contributed by atoms with E-state index in [0.717, 1.165) is 36.5 Å². The maximum absolute atomic E-state index is 10.1. The van der Waals surface area contributed by atoms with Crippen molar-refractivity contribution in [3.05, 3.63) is 0 Å². The van der Waals surface area contributed by atoms with E-state index in [1.54, 1.807) is 0 Å². The summed E-state index contributed by atoms with van der Waals surface area (Å²) in [5.74, 6) is 3.26. The highest BCUT2D eigenvalue weighted by atomic mass is 16.5. The second kappa shape index (κ2) is 6.81. The van der Waals surface area contributed by atoms with E-state index >= 15 is 0 Å². The Morgan fingerprint density at radius 2 is 1.64 bits per heavy atom. The topological polar surface area (TPSA) is 29.5 Å². The largest absolute Gasteiger partial charge is 0.393 e. The van der Waals surface area contributed by atoms with E-state index in [9.17, 15) is 5.11 Å². The molecule has 0 bridgehead atoms. The van der Waals surface area contributed by atoms with E-state index in [-0.39, 0.29) is 6.10 Å². The average Bonchev–Trinajstić information content (AvgIpc) is 2.85. The summed E-state index contributed by atoms with van der Waals surface area (Å²) < 4.78 is 5.94. The van der Waals surface area contributed by atoms with Crippen molar-refractivity contribution in [2.24, 2.45) is 29.1 Å². The fourth-order valence-corrected chi connectivity index (χ4v) is 6.27. The minimum Gasteiger partial charge on any atom is -0.393 e. The maximum atomic E-state index is 10.1. The number of hydrogen-bond acceptors (Lipinski definition) is 2. The molecular weight excluding hydrogens is 272 g/mol. The van der Waals surface area contributed by atoms with Crippen LogP contribution in [0.1, 0.15) is 78.1 Å². The van der Waals surface area contributed by atoms with E-state index in [1.807, 2.05) is 7.11 Å². The zero-order valence-electron chi connectivity index (χ0n) is 14.9. The summed E-state index contributed by atoms with van der Waals surface area (Å²) in [6.07, 6.45) is 13.0. The van der Waals surface area contributed by atoms with Gasteiger partial charge in [-0.2, -0.15) is 0 Å². The number of aliphatic hydroxyl groups excluding tert-OH is 1. The van der Waals surface area contributed by atoms with Crippen LogP contribution in [0.3, 0.4) is 0 Å². The summed E-state index contributed by atoms with van der Waals surface area (Å²) in [5.41, 5.74) is 0.533. The lowest BCUT2D eigenvalue weighted by Crippen LogP contribution is -2.45. The predicted octanol–water partition coefficient (Wildman–Crippen LogP) is 4.80. The van der Waals surface area contributed by atoms with Gasteiger partial charge >= 0.3 is 0 Å². The van der Waals surface area contributed by atoms with Crippen LogP contribution in [-0.4, -0.2) is 24.4 Å². The van der Waals surface area contributed by atoms with E-state index in [1.165, 1.54) is 51.4 Å². The lowest BCUT2D eigenvalue weighted by Gasteiger charge is -2.50. The molecular formula is C20H36O2. The molecule has 3 fully saturated rings. The number of rotatable bonds is 1. The first-order chi connectivity index (χ1) is 10.5. The van der Waals surface area contributed by atoms with Crippen molar-refractivity contribution in [1.29, 1.82) is 0 Å². The molecule has 0 aliphatic heterocycles. The van der Waals surface area contributed by atoms with Crippen LogP contribution in [-0.2, 0) is 4.74 Å². The molecule has 7 unspecified atom stereocenters. The maximum Gasteiger partial charge on any atom is 0.0607 e. The fraction of sp³-hybridized carbons (Fsp3) is 1.00. The van der Waals surface area contributed by atoms with Gasteiger partial charge in [-0.15, -0.1) is 0 Å². The first-order valence-electron chi connectivity index (χ1n) is 9.76. The highest BCUT2D eigenvalue weighted by Gasteiger charge is 2.53. The molecule has 22 heavy (non-hydrogen) atoms. The Morgan fingerprint density at radius 1 is 0.909 bits per heavy atom. The van der Waals surface area contributed by atoms with Crippen molar-refractivity contribution < 1.29 is 9.84 Å². The summed E-state index contributed by atoms with van der Waals surface area (Å²) in [6, 6.07) is 0. The lowest BCUT2D eigenvalue weighted by molar-refractivity contribution is -0.0581. The van der Waals surface area contributed by atoms with Crippen LogP contribution in [0.15, 0.2) is 0 Å². The molecule has 0 spiro atoms. The number of methoxy groups -OCH3 is 1. The molecule has 3 saturated carbocycles. The van der Waals surface area contributed by atoms with Crippen molar-refractivity contribution in [2.45, 2.75) is 90.3 Å². The van der Waals surface area contributed by atoms with Gasteiger partial charge in [0, 0.05) is 7.11 Å². The Kier molecular flexibility index (Phi) is 5.19. The minimum atomic E-state index is -0.0499. The summed E-state index contributed by atoms with van der Waals surface area (Å²) >= 11 is 0. The van der Waals surface area contributed by atoms with Gasteiger partial charge in [0.15, 0.2) is 0 Å². The Bertz CT molecular complexity index is 369. The van der Waals surface area contributed by atoms with Crippen LogP contribution in [0, 0.1) is 29.1 Å². The Morgan fingerprint density at radius 3 is 2.41 bits per heavy atom. The van der Waals surface area contributed by atoms with Gasteiger partial charge in [0.05, 0.1) is 12.2 Å². The van der Waals surface area contributed by atoms with Crippen molar-refractivity contribution in [2.75, 3.05) is 7.11 Å². The zero-order chi connectivity index (χ0) is 15.7. The van der Waals surface area contributed by atoms with Crippen LogP contribution < -0.4 is 0 Å². The van der Waals surface area contributed by atoms with Gasteiger partial charge in [0.2, 0.25) is 0 Å². The minimum absolute atomic E-state index is 0.0499. The van der Waals surface area contributed by atoms with E-state index in [4.69, 9.17) is 4.74 Å². The third-order valence-corrected chi connectivity index (χ3v) is 7.58. The molecule has 3 rings (SSSR count). The van der Waals surface area contributed by atoms with E-state index in [0.29, 0.717) is 11.5 Å². The molecule has 0 aromatic rings. The molecule has 128 valence electrons. The monoisotopic (exact) mass is 308 g/mol. The van der Waals surface area contributed by atoms with Crippen LogP contribution in [0.4, 0.5) is 0 Å². The quantitative estimate of drug-likeness (QED) is 0.754. The second-order valence-corrected chi connectivity index (χ2v) is 8.85. The molecule has 0 saturated heterocycles. The van der Waals surface area contributed by atoms with Gasteiger partial charge < -0.3 is 9.84 Å². The predicted molar refractivity (Wildman–Crippen MR) is 90.7 cm³/mol. The highest BCUT2D eigenvalue weighted by Crippen LogP contribution is 2.59. The standard InChI is InChI=1S/C20H36O2/c1-14-8-9-15(21)6-4-5-7-17-16(14)10-12-20(2)13-11-18(22-3)19(17)20/h14-19,21H,4-13H2,1-3H3. The Hall–Kier alpha value is -0.0800. The van der Waals surface area contributed by atoms with Crippen molar-refractivity contribution >= 4 is 0 Å². The van der Waals surface area contributed by atoms with Crippen LogP contribution in [0.2, 0.25) is 0 Å². The van der Waals surface area contributed by atoms with Gasteiger partial charge in [0.1, 0.15) is 0 Å². The number of fused-ring (bicyclic) bond motifs is 3. The van der Waals surface area contributed by atoms with Gasteiger partial charge in [-0.3, -0.25) is 0 Å². The molecule has 3 aliphatic carbocycles. The third kappa shape index (κ3) is 3.11. The first-order valence-corrected chi connectivity index (χ1v) is 9.76. The SMILES string of the molecule is COC1CCC2(C)CCC3C(C)CCC(O)CCCCC3C12. The molecule has 1 N–H and O–H groups in total. The molecule has 2 heteroatoms. The van der Waals surface area contributed by atoms with Crippen LogP contribution >= 0.6 is 0 Å². The highest BCUT2D eigenvalue weighted by molar-refractivity contribution is 5.03. The molecule has 2 nitrogen and oxygen atoms in total. The third-order valence-electron chi connectivity index (χ3n) is 7.58. The van der Waals surface area contributed by atoms with Crippen molar-refractivity contribution in [3.8, 4) is 0 Å². The second-order valence-electron chi connectivity index (χ2n) is 8.85. The molecule has 7 atom stereocenters. The summed E-state index contributed by atoms with van der Waals surface area (Å²) in [5, 5.41) is 10.1. The number of ether oxygens (including phenoxy) is 1. The lowest BCUT2D eigenvalue weighted by atomic mass is 9.56. The van der Waals surface area contributed by atoms with E-state index in [2.05, 4.69) is 13.8 Å². The molecule has 0 aromatic heterocycles. The van der Waals surface area contributed by atoms with Gasteiger partial charge in [-0.25, -0.2) is 0 Å². The zero-order valence-corrected chi connectivity index (χ0v) is 14.9. The smallest absolute Gasteiger partial charge is 0.0607 e. The molecule has 0 amide bonds. The summed E-state index contributed by atoms with van der Waals surface area (Å²) in [4.78, 5) is 0. The number of aliphatic hydroxyl groups is 1.